The van der Waals surface area contributed by atoms with Gasteiger partial charge in [-0.1, -0.05) is 12.8 Å². The molecule has 3 atom stereocenters. The molecule has 0 bridgehead atoms. The molecule has 0 unspecified atom stereocenters. The lowest BCUT2D eigenvalue weighted by Gasteiger charge is -2.48. The van der Waals surface area contributed by atoms with Crippen LogP contribution in [0.25, 0.3) is 0 Å². The number of amides is 3. The third-order valence-corrected chi connectivity index (χ3v) is 6.13. The first-order chi connectivity index (χ1) is 15.5. The minimum Gasteiger partial charge on any atom is -0.497 e. The van der Waals surface area contributed by atoms with Crippen molar-refractivity contribution in [3.05, 3.63) is 59.9 Å². The normalized spacial score (nSPS) is 22.5. The molecule has 2 aromatic carbocycles. The Kier molecular flexibility index (Phi) is 6.39. The number of halogens is 1. The average molecular weight is 439 g/mol. The lowest BCUT2D eigenvalue weighted by molar-refractivity contribution is -0.135. The van der Waals surface area contributed by atoms with Crippen LogP contribution in [0.3, 0.4) is 0 Å². The largest absolute Gasteiger partial charge is 0.497 e. The summed E-state index contributed by atoms with van der Waals surface area (Å²) in [6.07, 6.45) is 3.27. The second-order valence-corrected chi connectivity index (χ2v) is 8.18. The summed E-state index contributed by atoms with van der Waals surface area (Å²) >= 11 is 0. The van der Waals surface area contributed by atoms with E-state index in [0.29, 0.717) is 17.0 Å². The smallest absolute Gasteiger partial charge is 0.254 e. The summed E-state index contributed by atoms with van der Waals surface area (Å²) in [5, 5.41) is 5.79. The standard InChI is InChI=1S/C24H26FN3O4/c1-32-18-12-10-17(11-13-18)26-22(29)14-21-23(30)27-19-4-2-3-5-20(19)28(21)24(31)15-6-8-16(25)9-7-15/h6-13,19-21H,2-5,14H2,1H3,(H,26,29)(H,27,30)/t19-,20+,21-/m1/s1. The van der Waals surface area contributed by atoms with Gasteiger partial charge in [0.2, 0.25) is 11.8 Å². The number of piperazine rings is 1. The highest BCUT2D eigenvalue weighted by Gasteiger charge is 2.46. The molecule has 2 aliphatic rings. The highest BCUT2D eigenvalue weighted by molar-refractivity contribution is 6.01. The van der Waals surface area contributed by atoms with Crippen molar-refractivity contribution >= 4 is 23.4 Å². The summed E-state index contributed by atoms with van der Waals surface area (Å²) in [6.45, 7) is 0. The summed E-state index contributed by atoms with van der Waals surface area (Å²) in [5.41, 5.74) is 0.866. The molecule has 1 saturated heterocycles. The molecule has 1 aliphatic heterocycles. The van der Waals surface area contributed by atoms with Crippen molar-refractivity contribution < 1.29 is 23.5 Å². The number of hydrogen-bond donors (Lipinski definition) is 2. The van der Waals surface area contributed by atoms with Crippen LogP contribution in [-0.2, 0) is 9.59 Å². The van der Waals surface area contributed by atoms with Gasteiger partial charge in [0.25, 0.3) is 5.91 Å². The topological polar surface area (TPSA) is 87.7 Å². The highest BCUT2D eigenvalue weighted by atomic mass is 19.1. The summed E-state index contributed by atoms with van der Waals surface area (Å²) in [4.78, 5) is 40.7. The number of benzene rings is 2. The molecule has 3 amide bonds. The first-order valence-corrected chi connectivity index (χ1v) is 10.8. The molecule has 1 aliphatic carbocycles. The molecule has 7 nitrogen and oxygen atoms in total. The molecule has 0 radical (unpaired) electrons. The maximum atomic E-state index is 13.4. The second kappa shape index (κ2) is 9.38. The van der Waals surface area contributed by atoms with Crippen molar-refractivity contribution in [1.82, 2.24) is 10.2 Å². The zero-order valence-electron chi connectivity index (χ0n) is 17.8. The number of carbonyl (C=O) groups is 3. The van der Waals surface area contributed by atoms with E-state index in [2.05, 4.69) is 10.6 Å². The zero-order valence-corrected chi connectivity index (χ0v) is 17.8. The number of anilines is 1. The van der Waals surface area contributed by atoms with Crippen LogP contribution >= 0.6 is 0 Å². The van der Waals surface area contributed by atoms with Crippen molar-refractivity contribution in [2.75, 3.05) is 12.4 Å². The van der Waals surface area contributed by atoms with Crippen LogP contribution in [-0.4, -0.2) is 47.9 Å². The lowest BCUT2D eigenvalue weighted by atomic mass is 9.84. The Balaban J connectivity index is 1.56. The van der Waals surface area contributed by atoms with E-state index in [4.69, 9.17) is 4.74 Å². The summed E-state index contributed by atoms with van der Waals surface area (Å²) in [5.74, 6) is -0.855. The van der Waals surface area contributed by atoms with Gasteiger partial charge in [0.05, 0.1) is 19.6 Å². The minimum absolute atomic E-state index is 0.137. The summed E-state index contributed by atoms with van der Waals surface area (Å²) in [6, 6.07) is 10.9. The van der Waals surface area contributed by atoms with Crippen LogP contribution in [0, 0.1) is 5.82 Å². The molecule has 1 saturated carbocycles. The van der Waals surface area contributed by atoms with Crippen molar-refractivity contribution in [3.63, 3.8) is 0 Å². The Morgan fingerprint density at radius 2 is 1.78 bits per heavy atom. The molecule has 0 aromatic heterocycles. The number of fused-ring (bicyclic) bond motifs is 1. The van der Waals surface area contributed by atoms with Gasteiger partial charge < -0.3 is 20.3 Å². The maximum Gasteiger partial charge on any atom is 0.254 e. The molecular weight excluding hydrogens is 413 g/mol. The van der Waals surface area contributed by atoms with Gasteiger partial charge >= 0.3 is 0 Å². The van der Waals surface area contributed by atoms with Gasteiger partial charge in [-0.25, -0.2) is 4.39 Å². The minimum atomic E-state index is -0.940. The Labute approximate surface area is 185 Å². The van der Waals surface area contributed by atoms with Crippen molar-refractivity contribution in [2.45, 2.75) is 50.2 Å². The van der Waals surface area contributed by atoms with Crippen LogP contribution in [0.4, 0.5) is 10.1 Å². The second-order valence-electron chi connectivity index (χ2n) is 8.18. The summed E-state index contributed by atoms with van der Waals surface area (Å²) in [7, 11) is 1.56. The molecule has 2 fully saturated rings. The Morgan fingerprint density at radius 1 is 1.09 bits per heavy atom. The number of methoxy groups -OCH3 is 1. The van der Waals surface area contributed by atoms with E-state index in [1.165, 1.54) is 24.3 Å². The van der Waals surface area contributed by atoms with Gasteiger partial charge in [-0.05, 0) is 61.4 Å². The molecule has 2 N–H and O–H groups in total. The lowest BCUT2D eigenvalue weighted by Crippen LogP contribution is -2.68. The van der Waals surface area contributed by atoms with Crippen LogP contribution in [0.15, 0.2) is 48.5 Å². The zero-order chi connectivity index (χ0) is 22.7. The monoisotopic (exact) mass is 439 g/mol. The van der Waals surface area contributed by atoms with E-state index in [0.717, 1.165) is 25.7 Å². The Bertz CT molecular complexity index is 993. The van der Waals surface area contributed by atoms with E-state index >= 15 is 0 Å². The first-order valence-electron chi connectivity index (χ1n) is 10.8. The predicted molar refractivity (Wildman–Crippen MR) is 117 cm³/mol. The van der Waals surface area contributed by atoms with Crippen molar-refractivity contribution in [2.24, 2.45) is 0 Å². The number of nitrogens with one attached hydrogen (secondary N) is 2. The Hall–Kier alpha value is -3.42. The van der Waals surface area contributed by atoms with Crippen molar-refractivity contribution in [1.29, 1.82) is 0 Å². The first kappa shape index (κ1) is 21.8. The number of carbonyl (C=O) groups excluding carboxylic acids is 3. The van der Waals surface area contributed by atoms with Gasteiger partial charge in [0.15, 0.2) is 0 Å². The van der Waals surface area contributed by atoms with Crippen LogP contribution in [0.2, 0.25) is 0 Å². The molecule has 32 heavy (non-hydrogen) atoms. The van der Waals surface area contributed by atoms with E-state index < -0.39 is 11.9 Å². The third kappa shape index (κ3) is 4.59. The quantitative estimate of drug-likeness (QED) is 0.750. The van der Waals surface area contributed by atoms with Crippen LogP contribution in [0.1, 0.15) is 42.5 Å². The number of ether oxygens (including phenoxy) is 1. The van der Waals surface area contributed by atoms with E-state index in [1.807, 2.05) is 0 Å². The molecule has 2 aromatic rings. The van der Waals surface area contributed by atoms with Crippen LogP contribution < -0.4 is 15.4 Å². The number of rotatable bonds is 5. The fraction of sp³-hybridized carbons (Fsp3) is 0.375. The van der Waals surface area contributed by atoms with Gasteiger partial charge in [0, 0.05) is 17.3 Å². The van der Waals surface area contributed by atoms with Crippen molar-refractivity contribution in [3.8, 4) is 5.75 Å². The average Bonchev–Trinajstić information content (AvgIpc) is 2.80. The molecule has 4 rings (SSSR count). The summed E-state index contributed by atoms with van der Waals surface area (Å²) < 4.78 is 18.5. The van der Waals surface area contributed by atoms with Gasteiger partial charge in [-0.2, -0.15) is 0 Å². The molecular formula is C24H26FN3O4. The van der Waals surface area contributed by atoms with E-state index in [1.54, 1.807) is 36.3 Å². The van der Waals surface area contributed by atoms with Gasteiger partial charge in [-0.3, -0.25) is 14.4 Å². The predicted octanol–water partition coefficient (Wildman–Crippen LogP) is 3.11. The Morgan fingerprint density at radius 3 is 2.47 bits per heavy atom. The fourth-order valence-electron chi connectivity index (χ4n) is 4.54. The fourth-order valence-corrected chi connectivity index (χ4v) is 4.54. The highest BCUT2D eigenvalue weighted by Crippen LogP contribution is 2.31. The molecule has 168 valence electrons. The van der Waals surface area contributed by atoms with E-state index in [-0.39, 0.29) is 36.2 Å². The van der Waals surface area contributed by atoms with Gasteiger partial charge in [-0.15, -0.1) is 0 Å². The maximum absolute atomic E-state index is 13.4. The SMILES string of the molecule is COc1ccc(NC(=O)C[C@@H]2C(=O)N[C@@H]3CCCC[C@@H]3N2C(=O)c2ccc(F)cc2)cc1. The molecule has 1 heterocycles. The molecule has 8 heteroatoms. The van der Waals surface area contributed by atoms with E-state index in [9.17, 15) is 18.8 Å². The third-order valence-electron chi connectivity index (χ3n) is 6.13. The van der Waals surface area contributed by atoms with Crippen LogP contribution in [0.5, 0.6) is 5.75 Å². The number of hydrogen-bond acceptors (Lipinski definition) is 4. The molecule has 0 spiro atoms. The number of nitrogens with zero attached hydrogens (tertiary/aromatic N) is 1. The van der Waals surface area contributed by atoms with Gasteiger partial charge in [0.1, 0.15) is 17.6 Å².